The first-order chi connectivity index (χ1) is 33.0. The van der Waals surface area contributed by atoms with E-state index in [1.165, 1.54) is 26.2 Å². The Kier molecular flexibility index (Phi) is 20.7. The molecule has 1 aromatic carbocycles. The normalized spacial score (nSPS) is 39.7. The van der Waals surface area contributed by atoms with Crippen LogP contribution in [0.4, 0.5) is 0 Å². The van der Waals surface area contributed by atoms with Crippen molar-refractivity contribution in [2.45, 2.75) is 194 Å². The lowest BCUT2D eigenvalue weighted by Gasteiger charge is -2.49. The van der Waals surface area contributed by atoms with E-state index >= 15 is 0 Å². The van der Waals surface area contributed by atoms with Crippen LogP contribution in [0.25, 0.3) is 0 Å². The fourth-order valence-corrected chi connectivity index (χ4v) is 11.5. The SMILES string of the molecule is CO[C@]1(C)C[C@H](O[C@H]2[C@H](C)[C@@H](O[C@@H]3O[C@H](C)C[C@H](N(C)CCc4cn(CCCOc5ccc(S(C)(=O)=O)cc5)nn4)[C@H]3O)[C@](C)(O)C[C@@H](C)CN(C)[C@H](C)[C@@H](O)[C@](C)(O)[C@@H](I)OC(=O)[C@@H]2C)O[C@@H](C)[C@@H]1O. The molecule has 3 aliphatic heterocycles. The summed E-state index contributed by atoms with van der Waals surface area (Å²) < 4.78 is 67.8. The van der Waals surface area contributed by atoms with Crippen LogP contribution >= 0.6 is 22.6 Å². The summed E-state index contributed by atoms with van der Waals surface area (Å²) in [5, 5.41) is 67.8. The molecule has 20 nitrogen and oxygen atoms in total. The van der Waals surface area contributed by atoms with Gasteiger partial charge in [-0.05, 0) is 128 Å². The van der Waals surface area contributed by atoms with Gasteiger partial charge in [0.2, 0.25) is 0 Å². The Balaban J connectivity index is 1.36. The van der Waals surface area contributed by atoms with Gasteiger partial charge in [-0.3, -0.25) is 9.48 Å². The third kappa shape index (κ3) is 15.0. The number of cyclic esters (lactones) is 1. The van der Waals surface area contributed by atoms with Crippen molar-refractivity contribution in [3.8, 4) is 5.75 Å². The number of rotatable bonds is 15. The van der Waals surface area contributed by atoms with E-state index in [-0.39, 0.29) is 29.8 Å². The van der Waals surface area contributed by atoms with Gasteiger partial charge in [0.15, 0.2) is 26.5 Å². The van der Waals surface area contributed by atoms with Crippen LogP contribution in [0.1, 0.15) is 93.7 Å². The first kappa shape index (κ1) is 59.7. The lowest BCUT2D eigenvalue weighted by atomic mass is 9.77. The summed E-state index contributed by atoms with van der Waals surface area (Å²) in [4.78, 5) is 18.5. The highest BCUT2D eigenvalue weighted by atomic mass is 127. The number of esters is 1. The number of carbonyl (C=O) groups is 1. The highest BCUT2D eigenvalue weighted by Gasteiger charge is 2.53. The Morgan fingerprint density at radius 3 is 2.27 bits per heavy atom. The van der Waals surface area contributed by atoms with Gasteiger partial charge in [-0.1, -0.05) is 19.1 Å². The Hall–Kier alpha value is -2.17. The van der Waals surface area contributed by atoms with Crippen LogP contribution < -0.4 is 4.74 Å². The van der Waals surface area contributed by atoms with Crippen molar-refractivity contribution in [3.63, 3.8) is 0 Å². The smallest absolute Gasteiger partial charge is 0.312 e. The molecule has 3 aliphatic rings. The van der Waals surface area contributed by atoms with E-state index in [4.69, 9.17) is 33.2 Å². The molecule has 0 unspecified atom stereocenters. The zero-order valence-electron chi connectivity index (χ0n) is 43.8. The van der Waals surface area contributed by atoms with Crippen molar-refractivity contribution in [1.82, 2.24) is 24.8 Å². The predicted molar refractivity (Wildman–Crippen MR) is 270 cm³/mol. The number of aryl methyl sites for hydroxylation is 1. The molecule has 3 saturated heterocycles. The van der Waals surface area contributed by atoms with E-state index in [0.29, 0.717) is 51.3 Å². The van der Waals surface area contributed by atoms with Gasteiger partial charge >= 0.3 is 5.97 Å². The lowest BCUT2D eigenvalue weighted by molar-refractivity contribution is -0.318. The summed E-state index contributed by atoms with van der Waals surface area (Å²) in [5.41, 5.74) is -3.82. The minimum Gasteiger partial charge on any atom is -0.494 e. The number of halogens is 1. The number of nitrogens with zero attached hydrogens (tertiary/aromatic N) is 5. The molecule has 0 radical (unpaired) electrons. The number of benzene rings is 1. The third-order valence-electron chi connectivity index (χ3n) is 14.9. The number of hydrogen-bond acceptors (Lipinski definition) is 19. The molecule has 3 fully saturated rings. The second-order valence-electron chi connectivity index (χ2n) is 21.3. The van der Waals surface area contributed by atoms with Crippen molar-refractivity contribution >= 4 is 38.4 Å². The number of ether oxygens (including phenoxy) is 7. The number of likely N-dealkylation sites (N-methyl/N-ethyl adjacent to an activating group) is 2. The van der Waals surface area contributed by atoms with Gasteiger partial charge < -0.3 is 68.5 Å². The van der Waals surface area contributed by atoms with E-state index in [1.807, 2.05) is 66.5 Å². The highest BCUT2D eigenvalue weighted by molar-refractivity contribution is 14.1. The Bertz CT molecular complexity index is 2120. The van der Waals surface area contributed by atoms with Crippen LogP contribution in [0.5, 0.6) is 5.75 Å². The average molecular weight is 1140 g/mol. The van der Waals surface area contributed by atoms with Crippen molar-refractivity contribution < 1.29 is 71.9 Å². The number of methoxy groups -OCH3 is 1. The van der Waals surface area contributed by atoms with E-state index in [2.05, 4.69) is 10.3 Å². The molecule has 0 aliphatic carbocycles. The van der Waals surface area contributed by atoms with E-state index in [9.17, 15) is 38.7 Å². The molecule has 22 heteroatoms. The third-order valence-corrected chi connectivity index (χ3v) is 17.5. The van der Waals surface area contributed by atoms with Gasteiger partial charge in [0.25, 0.3) is 0 Å². The average Bonchev–Trinajstić information content (AvgIpc) is 3.76. The van der Waals surface area contributed by atoms with Crippen LogP contribution in [0, 0.1) is 17.8 Å². The first-order valence-electron chi connectivity index (χ1n) is 24.7. The summed E-state index contributed by atoms with van der Waals surface area (Å²) in [6, 6.07) is 5.28. The summed E-state index contributed by atoms with van der Waals surface area (Å²) in [6.07, 6.45) is -4.10. The number of aliphatic hydroxyl groups is 5. The first-order valence-corrected chi connectivity index (χ1v) is 27.9. The van der Waals surface area contributed by atoms with E-state index < -0.39 is 110 Å². The highest BCUT2D eigenvalue weighted by Crippen LogP contribution is 2.40. The summed E-state index contributed by atoms with van der Waals surface area (Å²) in [7, 11) is 1.93. The molecular weight excluding hydrogens is 1060 g/mol. The molecule has 0 amide bonds. The monoisotopic (exact) mass is 1140 g/mol. The van der Waals surface area contributed by atoms with Gasteiger partial charge in [-0.15, -0.1) is 5.10 Å². The molecule has 5 N–H and O–H groups in total. The predicted octanol–water partition coefficient (Wildman–Crippen LogP) is 2.96. The molecule has 4 heterocycles. The minimum absolute atomic E-state index is 0.0906. The van der Waals surface area contributed by atoms with Crippen LogP contribution in [0.2, 0.25) is 0 Å². The van der Waals surface area contributed by atoms with E-state index in [1.54, 1.807) is 58.4 Å². The number of alkyl halides is 1. The molecular formula is C49H82IN5O15S. The lowest BCUT2D eigenvalue weighted by Crippen LogP contribution is -2.60. The maximum absolute atomic E-state index is 14.3. The standard InChI is InChI=1S/C49H82IN5O15S/c1-28-24-47(7,60)43(30(3)40(68-38-25-48(8,64-12)42(58)33(6)67-38)31(4)44(59)70-46(50)49(9,61)41(57)32(5)54(11)26-28)69-45-39(56)37(23-29(2)66-45)53(10)21-19-34-27-55(52-51-34)20-14-22-65-35-15-17-36(18-16-35)71(13,62)63/h15-18,27-33,37-43,45-46,56-58,60-61H,14,19-26H2,1-13H3/t28-,29-,30+,31-,32-,33+,37+,38+,39-,40+,41-,42+,43-,45+,46+,47-,48-,49+/m1/s1. The molecule has 0 bridgehead atoms. The maximum Gasteiger partial charge on any atom is 0.312 e. The molecule has 406 valence electrons. The zero-order chi connectivity index (χ0) is 53.0. The minimum atomic E-state index is -3.29. The Morgan fingerprint density at radius 2 is 1.63 bits per heavy atom. The number of aromatic nitrogens is 3. The fourth-order valence-electron chi connectivity index (χ4n) is 10.3. The molecule has 18 atom stereocenters. The van der Waals surface area contributed by atoms with Crippen LogP contribution in [-0.4, -0.2) is 200 Å². The second kappa shape index (κ2) is 24.7. The second-order valence-corrected chi connectivity index (χ2v) is 24.4. The largest absolute Gasteiger partial charge is 0.494 e. The summed E-state index contributed by atoms with van der Waals surface area (Å²) >= 11 is 1.82. The van der Waals surface area contributed by atoms with Crippen LogP contribution in [0.15, 0.2) is 35.4 Å². The van der Waals surface area contributed by atoms with Crippen molar-refractivity contribution in [1.29, 1.82) is 0 Å². The quantitative estimate of drug-likeness (QED) is 0.0744. The van der Waals surface area contributed by atoms with Crippen LogP contribution in [0.3, 0.4) is 0 Å². The zero-order valence-corrected chi connectivity index (χ0v) is 46.7. The Labute approximate surface area is 434 Å². The van der Waals surface area contributed by atoms with Gasteiger partial charge in [0.05, 0.1) is 58.7 Å². The van der Waals surface area contributed by atoms with Crippen LogP contribution in [-0.2, 0) is 56.0 Å². The molecule has 0 saturated carbocycles. The molecule has 1 aromatic heterocycles. The molecule has 2 aromatic rings. The van der Waals surface area contributed by atoms with Gasteiger partial charge in [0.1, 0.15) is 29.7 Å². The molecule has 0 spiro atoms. The number of sulfone groups is 1. The number of hydrogen-bond donors (Lipinski definition) is 5. The molecule has 5 rings (SSSR count). The van der Waals surface area contributed by atoms with Crippen molar-refractivity contribution in [3.05, 3.63) is 36.2 Å². The molecule has 71 heavy (non-hydrogen) atoms. The fraction of sp³-hybridized carbons (Fsp3) is 0.816. The Morgan fingerprint density at radius 1 is 0.972 bits per heavy atom. The number of aliphatic hydroxyl groups excluding tert-OH is 3. The summed E-state index contributed by atoms with van der Waals surface area (Å²) in [5.74, 6) is -2.28. The van der Waals surface area contributed by atoms with Gasteiger partial charge in [-0.25, -0.2) is 8.42 Å². The summed E-state index contributed by atoms with van der Waals surface area (Å²) in [6.45, 7) is 17.5. The van der Waals surface area contributed by atoms with Gasteiger partial charge in [-0.2, -0.15) is 0 Å². The van der Waals surface area contributed by atoms with E-state index in [0.717, 1.165) is 11.9 Å². The van der Waals surface area contributed by atoms with Crippen molar-refractivity contribution in [2.75, 3.05) is 47.2 Å². The van der Waals surface area contributed by atoms with Crippen molar-refractivity contribution in [2.24, 2.45) is 17.8 Å². The topological polar surface area (TPSA) is 254 Å². The van der Waals surface area contributed by atoms with Gasteiger partial charge in [0, 0.05) is 76.5 Å². The number of carbonyl (C=O) groups excluding carboxylic acids is 1. The maximum atomic E-state index is 14.3.